The molecule has 0 unspecified atom stereocenters. The molecule has 0 aromatic heterocycles. The summed E-state index contributed by atoms with van der Waals surface area (Å²) in [5, 5.41) is 0.597. The Morgan fingerprint density at radius 3 is 2.94 bits per heavy atom. The summed E-state index contributed by atoms with van der Waals surface area (Å²) in [5.74, 6) is 0.166. The minimum Gasteiger partial charge on any atom is -0.340 e. The maximum atomic E-state index is 12.2. The lowest BCUT2D eigenvalue weighted by atomic mass is 10.1. The second-order valence-electron chi connectivity index (χ2n) is 4.89. The Morgan fingerprint density at radius 2 is 2.29 bits per heavy atom. The molecule has 1 rings (SSSR count). The monoisotopic (exact) mass is 258 g/mol. The van der Waals surface area contributed by atoms with Crippen LogP contribution in [-0.2, 0) is 4.79 Å². The number of rotatable bonds is 5. The van der Waals surface area contributed by atoms with Crippen LogP contribution in [0.3, 0.4) is 0 Å². The first kappa shape index (κ1) is 14.8. The molecule has 1 aliphatic rings. The summed E-state index contributed by atoms with van der Waals surface area (Å²) in [6.07, 6.45) is 8.71. The average molecular weight is 258 g/mol. The van der Waals surface area contributed by atoms with Crippen LogP contribution in [0.4, 0.5) is 0 Å². The zero-order chi connectivity index (χ0) is 12.7. The van der Waals surface area contributed by atoms with Crippen molar-refractivity contribution in [3.63, 3.8) is 0 Å². The molecule has 2 atom stereocenters. The van der Waals surface area contributed by atoms with Crippen molar-refractivity contribution >= 4 is 17.7 Å². The minimum absolute atomic E-state index is 0.166. The highest BCUT2D eigenvalue weighted by Crippen LogP contribution is 2.20. The summed E-state index contributed by atoms with van der Waals surface area (Å²) in [4.78, 5) is 14.2. The SMILES string of the molecule is CCCC[C@H](N)C(=O)N1CCCC[C@H](SC)C1. The molecule has 0 bridgehead atoms. The molecule has 1 aliphatic heterocycles. The highest BCUT2D eigenvalue weighted by Gasteiger charge is 2.24. The first-order chi connectivity index (χ1) is 8.19. The van der Waals surface area contributed by atoms with Gasteiger partial charge < -0.3 is 10.6 Å². The molecular formula is C13H26N2OS. The van der Waals surface area contributed by atoms with Crippen molar-refractivity contribution in [1.82, 2.24) is 4.90 Å². The lowest BCUT2D eigenvalue weighted by Crippen LogP contribution is -2.45. The quantitative estimate of drug-likeness (QED) is 0.822. The first-order valence-corrected chi connectivity index (χ1v) is 8.05. The van der Waals surface area contributed by atoms with Gasteiger partial charge in [-0.2, -0.15) is 11.8 Å². The van der Waals surface area contributed by atoms with Gasteiger partial charge in [0.15, 0.2) is 0 Å². The van der Waals surface area contributed by atoms with Crippen molar-refractivity contribution < 1.29 is 4.79 Å². The van der Waals surface area contributed by atoms with Gasteiger partial charge >= 0.3 is 0 Å². The number of carbonyl (C=O) groups is 1. The number of unbranched alkanes of at least 4 members (excludes halogenated alkanes) is 1. The van der Waals surface area contributed by atoms with Crippen LogP contribution in [0.15, 0.2) is 0 Å². The van der Waals surface area contributed by atoms with Crippen LogP contribution in [-0.4, -0.2) is 41.4 Å². The van der Waals surface area contributed by atoms with E-state index in [9.17, 15) is 4.79 Å². The van der Waals surface area contributed by atoms with Gasteiger partial charge in [-0.25, -0.2) is 0 Å². The molecule has 4 heteroatoms. The van der Waals surface area contributed by atoms with Crippen molar-refractivity contribution in [2.24, 2.45) is 5.73 Å². The summed E-state index contributed by atoms with van der Waals surface area (Å²) < 4.78 is 0. The van der Waals surface area contributed by atoms with E-state index in [2.05, 4.69) is 13.2 Å². The van der Waals surface area contributed by atoms with Gasteiger partial charge in [0.25, 0.3) is 0 Å². The number of likely N-dealkylation sites (tertiary alicyclic amines) is 1. The number of hydrogen-bond donors (Lipinski definition) is 1. The molecule has 1 amide bonds. The van der Waals surface area contributed by atoms with Crippen molar-refractivity contribution in [1.29, 1.82) is 0 Å². The molecule has 0 aromatic rings. The number of carbonyl (C=O) groups excluding carboxylic acids is 1. The number of thioether (sulfide) groups is 1. The van der Waals surface area contributed by atoms with Gasteiger partial charge in [0.2, 0.25) is 5.91 Å². The second kappa shape index (κ2) is 7.98. The molecule has 0 aromatic carbocycles. The summed E-state index contributed by atoms with van der Waals surface area (Å²) in [5.41, 5.74) is 5.97. The fraction of sp³-hybridized carbons (Fsp3) is 0.923. The summed E-state index contributed by atoms with van der Waals surface area (Å²) in [6, 6.07) is -0.282. The molecule has 1 saturated heterocycles. The van der Waals surface area contributed by atoms with E-state index in [0.717, 1.165) is 38.8 Å². The Hall–Kier alpha value is -0.220. The summed E-state index contributed by atoms with van der Waals surface area (Å²) >= 11 is 1.88. The van der Waals surface area contributed by atoms with E-state index in [1.807, 2.05) is 16.7 Å². The Balaban J connectivity index is 2.48. The highest BCUT2D eigenvalue weighted by atomic mass is 32.2. The molecular weight excluding hydrogens is 232 g/mol. The number of nitrogens with two attached hydrogens (primary N) is 1. The lowest BCUT2D eigenvalue weighted by Gasteiger charge is -2.26. The van der Waals surface area contributed by atoms with Crippen LogP contribution in [0.2, 0.25) is 0 Å². The van der Waals surface area contributed by atoms with E-state index < -0.39 is 0 Å². The zero-order valence-corrected chi connectivity index (χ0v) is 12.0. The van der Waals surface area contributed by atoms with Crippen LogP contribution in [0.25, 0.3) is 0 Å². The van der Waals surface area contributed by atoms with Crippen molar-refractivity contribution in [2.45, 2.75) is 56.7 Å². The predicted molar refractivity (Wildman–Crippen MR) is 75.2 cm³/mol. The Morgan fingerprint density at radius 1 is 1.53 bits per heavy atom. The molecule has 3 nitrogen and oxygen atoms in total. The van der Waals surface area contributed by atoms with Gasteiger partial charge in [0.1, 0.15) is 0 Å². The first-order valence-electron chi connectivity index (χ1n) is 6.76. The second-order valence-corrected chi connectivity index (χ2v) is 6.02. The van der Waals surface area contributed by atoms with Crippen LogP contribution in [0, 0.1) is 0 Å². The van der Waals surface area contributed by atoms with E-state index in [0.29, 0.717) is 5.25 Å². The van der Waals surface area contributed by atoms with Crippen LogP contribution in [0.1, 0.15) is 45.4 Å². The van der Waals surface area contributed by atoms with Gasteiger partial charge in [0.05, 0.1) is 6.04 Å². The normalized spacial score (nSPS) is 23.2. The molecule has 0 radical (unpaired) electrons. The molecule has 2 N–H and O–H groups in total. The third-order valence-electron chi connectivity index (χ3n) is 3.46. The minimum atomic E-state index is -0.282. The smallest absolute Gasteiger partial charge is 0.239 e. The van der Waals surface area contributed by atoms with Crippen LogP contribution < -0.4 is 5.73 Å². The van der Waals surface area contributed by atoms with Gasteiger partial charge in [-0.1, -0.05) is 26.2 Å². The molecule has 17 heavy (non-hydrogen) atoms. The van der Waals surface area contributed by atoms with Gasteiger partial charge in [0, 0.05) is 18.3 Å². The van der Waals surface area contributed by atoms with Crippen molar-refractivity contribution in [3.8, 4) is 0 Å². The van der Waals surface area contributed by atoms with Crippen molar-refractivity contribution in [3.05, 3.63) is 0 Å². The van der Waals surface area contributed by atoms with E-state index in [1.165, 1.54) is 12.8 Å². The van der Waals surface area contributed by atoms with Crippen LogP contribution >= 0.6 is 11.8 Å². The topological polar surface area (TPSA) is 46.3 Å². The number of hydrogen-bond acceptors (Lipinski definition) is 3. The maximum absolute atomic E-state index is 12.2. The van der Waals surface area contributed by atoms with Gasteiger partial charge in [-0.15, -0.1) is 0 Å². The third-order valence-corrected chi connectivity index (χ3v) is 4.51. The lowest BCUT2D eigenvalue weighted by molar-refractivity contribution is -0.132. The largest absolute Gasteiger partial charge is 0.340 e. The maximum Gasteiger partial charge on any atom is 0.239 e. The number of amides is 1. The fourth-order valence-corrected chi connectivity index (χ4v) is 3.01. The molecule has 0 spiro atoms. The fourth-order valence-electron chi connectivity index (χ4n) is 2.28. The Bertz CT molecular complexity index is 235. The van der Waals surface area contributed by atoms with Crippen LogP contribution in [0.5, 0.6) is 0 Å². The van der Waals surface area contributed by atoms with E-state index in [4.69, 9.17) is 5.73 Å². The standard InChI is InChI=1S/C13H26N2OS/c1-3-4-8-12(14)13(16)15-9-6-5-7-11(10-15)17-2/h11-12H,3-10,14H2,1-2H3/t11-,12-/m0/s1. The Kier molecular flexibility index (Phi) is 6.97. The van der Waals surface area contributed by atoms with E-state index in [-0.39, 0.29) is 11.9 Å². The predicted octanol–water partition coefficient (Wildman–Crippen LogP) is 2.25. The molecule has 0 saturated carbocycles. The third kappa shape index (κ3) is 4.88. The van der Waals surface area contributed by atoms with Gasteiger partial charge in [-0.05, 0) is 25.5 Å². The van der Waals surface area contributed by atoms with Crippen molar-refractivity contribution in [2.75, 3.05) is 19.3 Å². The highest BCUT2D eigenvalue weighted by molar-refractivity contribution is 7.99. The summed E-state index contributed by atoms with van der Waals surface area (Å²) in [6.45, 7) is 3.92. The molecule has 100 valence electrons. The average Bonchev–Trinajstić information content (AvgIpc) is 2.60. The van der Waals surface area contributed by atoms with E-state index in [1.54, 1.807) is 0 Å². The molecule has 0 aliphatic carbocycles. The summed E-state index contributed by atoms with van der Waals surface area (Å²) in [7, 11) is 0. The van der Waals surface area contributed by atoms with Gasteiger partial charge in [-0.3, -0.25) is 4.79 Å². The molecule has 1 fully saturated rings. The zero-order valence-electron chi connectivity index (χ0n) is 11.2. The number of nitrogens with zero attached hydrogens (tertiary/aromatic N) is 1. The molecule has 1 heterocycles. The Labute approximate surface area is 109 Å². The van der Waals surface area contributed by atoms with E-state index >= 15 is 0 Å².